The van der Waals surface area contributed by atoms with Crippen molar-refractivity contribution in [2.75, 3.05) is 5.73 Å². The van der Waals surface area contributed by atoms with Crippen LogP contribution in [-0.2, 0) is 7.05 Å². The molecule has 0 saturated heterocycles. The van der Waals surface area contributed by atoms with Gasteiger partial charge in [-0.1, -0.05) is 12.1 Å². The van der Waals surface area contributed by atoms with E-state index in [4.69, 9.17) is 10.5 Å². The number of carbonyl (C=O) groups excluding carboxylic acids is 1. The summed E-state index contributed by atoms with van der Waals surface area (Å²) in [5.41, 5.74) is 6.11. The summed E-state index contributed by atoms with van der Waals surface area (Å²) >= 11 is 3.31. The number of halogens is 1. The standard InChI is InChI=1S/C12H11BrN2O2/c1-15-7-6-8(11(15)14)12(16)17-10-5-3-2-4-9(10)13/h2-7H,14H2,1H3. The van der Waals surface area contributed by atoms with Crippen LogP contribution in [0.3, 0.4) is 0 Å². The lowest BCUT2D eigenvalue weighted by Crippen LogP contribution is -2.11. The van der Waals surface area contributed by atoms with Crippen molar-refractivity contribution in [2.45, 2.75) is 0 Å². The Labute approximate surface area is 107 Å². The zero-order valence-corrected chi connectivity index (χ0v) is 10.8. The number of aromatic nitrogens is 1. The molecular weight excluding hydrogens is 284 g/mol. The molecule has 17 heavy (non-hydrogen) atoms. The number of nitrogens with two attached hydrogens (primary N) is 1. The molecule has 0 aliphatic heterocycles. The van der Waals surface area contributed by atoms with Gasteiger partial charge in [0, 0.05) is 13.2 Å². The first-order valence-electron chi connectivity index (χ1n) is 4.97. The maximum Gasteiger partial charge on any atom is 0.347 e. The molecule has 0 fully saturated rings. The third kappa shape index (κ3) is 2.34. The molecule has 2 N–H and O–H groups in total. The minimum atomic E-state index is -0.463. The highest BCUT2D eigenvalue weighted by molar-refractivity contribution is 9.10. The zero-order chi connectivity index (χ0) is 12.4. The summed E-state index contributed by atoms with van der Waals surface area (Å²) in [7, 11) is 1.77. The molecule has 0 saturated carbocycles. The van der Waals surface area contributed by atoms with Gasteiger partial charge in [-0.15, -0.1) is 0 Å². The van der Waals surface area contributed by atoms with Crippen molar-refractivity contribution in [3.63, 3.8) is 0 Å². The van der Waals surface area contributed by atoms with Crippen LogP contribution in [0, 0.1) is 0 Å². The fourth-order valence-corrected chi connectivity index (χ4v) is 1.76. The number of ether oxygens (including phenoxy) is 1. The van der Waals surface area contributed by atoms with E-state index in [0.29, 0.717) is 17.1 Å². The molecule has 0 spiro atoms. The lowest BCUT2D eigenvalue weighted by molar-refractivity contribution is 0.0735. The Balaban J connectivity index is 2.23. The van der Waals surface area contributed by atoms with Crippen LogP contribution in [0.25, 0.3) is 0 Å². The number of benzene rings is 1. The predicted octanol–water partition coefficient (Wildman–Crippen LogP) is 2.59. The predicted molar refractivity (Wildman–Crippen MR) is 68.9 cm³/mol. The van der Waals surface area contributed by atoms with Crippen LogP contribution in [0.5, 0.6) is 5.75 Å². The lowest BCUT2D eigenvalue weighted by atomic mass is 10.3. The van der Waals surface area contributed by atoms with Gasteiger partial charge in [0.1, 0.15) is 17.1 Å². The normalized spacial score (nSPS) is 10.2. The van der Waals surface area contributed by atoms with E-state index in [1.54, 1.807) is 42.1 Å². The lowest BCUT2D eigenvalue weighted by Gasteiger charge is -2.05. The van der Waals surface area contributed by atoms with Gasteiger partial charge in [-0.05, 0) is 34.1 Å². The summed E-state index contributed by atoms with van der Waals surface area (Å²) in [4.78, 5) is 11.9. The van der Waals surface area contributed by atoms with Crippen molar-refractivity contribution in [3.05, 3.63) is 46.6 Å². The first kappa shape index (κ1) is 11.7. The molecule has 5 heteroatoms. The van der Waals surface area contributed by atoms with Crippen molar-refractivity contribution < 1.29 is 9.53 Å². The zero-order valence-electron chi connectivity index (χ0n) is 9.18. The van der Waals surface area contributed by atoms with Gasteiger partial charge in [-0.25, -0.2) is 4.79 Å². The SMILES string of the molecule is Cn1ccc(C(=O)Oc2ccccc2Br)c1N. The van der Waals surface area contributed by atoms with Crippen molar-refractivity contribution in [1.29, 1.82) is 0 Å². The Kier molecular flexibility index (Phi) is 3.19. The van der Waals surface area contributed by atoms with E-state index < -0.39 is 5.97 Å². The molecule has 1 heterocycles. The van der Waals surface area contributed by atoms with Crippen molar-refractivity contribution in [1.82, 2.24) is 4.57 Å². The summed E-state index contributed by atoms with van der Waals surface area (Å²) in [6.45, 7) is 0. The molecule has 0 atom stereocenters. The fraction of sp³-hybridized carbons (Fsp3) is 0.0833. The van der Waals surface area contributed by atoms with Crippen LogP contribution >= 0.6 is 15.9 Å². The van der Waals surface area contributed by atoms with Gasteiger partial charge in [0.25, 0.3) is 0 Å². The van der Waals surface area contributed by atoms with E-state index in [1.807, 2.05) is 6.07 Å². The van der Waals surface area contributed by atoms with Crippen molar-refractivity contribution >= 4 is 27.7 Å². The van der Waals surface area contributed by atoms with Gasteiger partial charge in [-0.3, -0.25) is 0 Å². The molecule has 0 aliphatic carbocycles. The number of rotatable bonds is 2. The topological polar surface area (TPSA) is 57.2 Å². The Morgan fingerprint density at radius 2 is 2.06 bits per heavy atom. The molecule has 2 rings (SSSR count). The summed E-state index contributed by atoms with van der Waals surface area (Å²) in [5.74, 6) is 0.401. The number of carbonyl (C=O) groups is 1. The number of anilines is 1. The highest BCUT2D eigenvalue weighted by Crippen LogP contribution is 2.25. The number of hydrogen-bond donors (Lipinski definition) is 1. The quantitative estimate of drug-likeness (QED) is 0.684. The number of aryl methyl sites for hydroxylation is 1. The maximum absolute atomic E-state index is 11.9. The van der Waals surface area contributed by atoms with E-state index in [2.05, 4.69) is 15.9 Å². The molecule has 2 aromatic rings. The van der Waals surface area contributed by atoms with Gasteiger partial charge in [-0.2, -0.15) is 0 Å². The van der Waals surface area contributed by atoms with Crippen LogP contribution < -0.4 is 10.5 Å². The molecule has 0 aliphatic rings. The van der Waals surface area contributed by atoms with Crippen LogP contribution in [0.15, 0.2) is 41.0 Å². The third-order valence-electron chi connectivity index (χ3n) is 2.38. The van der Waals surface area contributed by atoms with E-state index >= 15 is 0 Å². The van der Waals surface area contributed by atoms with Gasteiger partial charge >= 0.3 is 5.97 Å². The van der Waals surface area contributed by atoms with Crippen LogP contribution in [-0.4, -0.2) is 10.5 Å². The monoisotopic (exact) mass is 294 g/mol. The van der Waals surface area contributed by atoms with Crippen LogP contribution in [0.1, 0.15) is 10.4 Å². The molecule has 0 radical (unpaired) electrons. The highest BCUT2D eigenvalue weighted by atomic mass is 79.9. The number of nitrogens with zero attached hydrogens (tertiary/aromatic N) is 1. The number of hydrogen-bond acceptors (Lipinski definition) is 3. The second-order valence-electron chi connectivity index (χ2n) is 3.55. The second kappa shape index (κ2) is 4.63. The highest BCUT2D eigenvalue weighted by Gasteiger charge is 2.15. The van der Waals surface area contributed by atoms with Crippen LogP contribution in [0.2, 0.25) is 0 Å². The number of esters is 1. The Morgan fingerprint density at radius 1 is 1.35 bits per heavy atom. The minimum Gasteiger partial charge on any atom is -0.422 e. The molecule has 1 aromatic carbocycles. The summed E-state index contributed by atoms with van der Waals surface area (Å²) < 4.78 is 7.63. The Bertz CT molecular complexity index is 563. The Morgan fingerprint density at radius 3 is 2.65 bits per heavy atom. The van der Waals surface area contributed by atoms with Gasteiger partial charge < -0.3 is 15.0 Å². The summed E-state index contributed by atoms with van der Waals surface area (Å²) in [6.07, 6.45) is 1.71. The molecule has 88 valence electrons. The first-order chi connectivity index (χ1) is 8.09. The minimum absolute atomic E-state index is 0.364. The molecule has 0 amide bonds. The van der Waals surface area contributed by atoms with E-state index in [9.17, 15) is 4.79 Å². The maximum atomic E-state index is 11.9. The van der Waals surface area contributed by atoms with Crippen molar-refractivity contribution in [2.24, 2.45) is 7.05 Å². The van der Waals surface area contributed by atoms with E-state index in [0.717, 1.165) is 4.47 Å². The number of para-hydroxylation sites is 1. The average Bonchev–Trinajstić information content (AvgIpc) is 2.63. The molecular formula is C12H11BrN2O2. The van der Waals surface area contributed by atoms with Crippen molar-refractivity contribution in [3.8, 4) is 5.75 Å². The Hall–Kier alpha value is -1.75. The van der Waals surface area contributed by atoms with Crippen LogP contribution in [0.4, 0.5) is 5.82 Å². The van der Waals surface area contributed by atoms with Gasteiger partial charge in [0.15, 0.2) is 0 Å². The molecule has 4 nitrogen and oxygen atoms in total. The largest absolute Gasteiger partial charge is 0.422 e. The number of nitrogen functional groups attached to an aromatic ring is 1. The summed E-state index contributed by atoms with van der Waals surface area (Å²) in [6, 6.07) is 8.78. The van der Waals surface area contributed by atoms with Gasteiger partial charge in [0.2, 0.25) is 0 Å². The first-order valence-corrected chi connectivity index (χ1v) is 5.76. The molecule has 1 aromatic heterocycles. The van der Waals surface area contributed by atoms with E-state index in [1.165, 1.54) is 0 Å². The fourth-order valence-electron chi connectivity index (χ4n) is 1.40. The van der Waals surface area contributed by atoms with Gasteiger partial charge in [0.05, 0.1) is 4.47 Å². The second-order valence-corrected chi connectivity index (χ2v) is 4.40. The average molecular weight is 295 g/mol. The van der Waals surface area contributed by atoms with E-state index in [-0.39, 0.29) is 0 Å². The smallest absolute Gasteiger partial charge is 0.347 e. The third-order valence-corrected chi connectivity index (χ3v) is 3.04. The molecule has 0 bridgehead atoms. The molecule has 0 unspecified atom stereocenters. The summed E-state index contributed by atoms with van der Waals surface area (Å²) in [5, 5.41) is 0.